The van der Waals surface area contributed by atoms with Crippen LogP contribution in [0.5, 0.6) is 0 Å². The van der Waals surface area contributed by atoms with E-state index in [4.69, 9.17) is 4.74 Å². The summed E-state index contributed by atoms with van der Waals surface area (Å²) in [6, 6.07) is -0.0353. The molecule has 0 spiro atoms. The summed E-state index contributed by atoms with van der Waals surface area (Å²) < 4.78 is 5.14. The number of rotatable bonds is 7. The molecule has 1 unspecified atom stereocenters. The summed E-state index contributed by atoms with van der Waals surface area (Å²) >= 11 is 0. The summed E-state index contributed by atoms with van der Waals surface area (Å²) in [7, 11) is 0. The van der Waals surface area contributed by atoms with Crippen molar-refractivity contribution in [3.8, 4) is 0 Å². The zero-order valence-corrected chi connectivity index (χ0v) is 16.3. The van der Waals surface area contributed by atoms with Gasteiger partial charge in [0.2, 0.25) is 11.8 Å². The van der Waals surface area contributed by atoms with Crippen molar-refractivity contribution >= 4 is 17.8 Å². The minimum absolute atomic E-state index is 0.00711. The van der Waals surface area contributed by atoms with Gasteiger partial charge in [-0.15, -0.1) is 0 Å². The number of piperidine rings is 1. The largest absolute Gasteiger partial charge is 0.464 e. The molecule has 3 fully saturated rings. The molecule has 1 atom stereocenters. The molecule has 2 aliphatic heterocycles. The number of amides is 2. The topological polar surface area (TPSA) is 82.2 Å². The molecule has 3 rings (SSSR count). The average Bonchev–Trinajstić information content (AvgIpc) is 3.47. The van der Waals surface area contributed by atoms with Crippen LogP contribution in [0.25, 0.3) is 0 Å². The molecule has 1 saturated carbocycles. The highest BCUT2D eigenvalue weighted by Crippen LogP contribution is 2.19. The van der Waals surface area contributed by atoms with Crippen molar-refractivity contribution < 1.29 is 19.1 Å². The molecule has 0 aromatic rings. The van der Waals surface area contributed by atoms with Crippen LogP contribution >= 0.6 is 0 Å². The number of likely N-dealkylation sites (tertiary alicyclic amines) is 1. The van der Waals surface area contributed by atoms with E-state index in [-0.39, 0.29) is 17.8 Å². The van der Waals surface area contributed by atoms with E-state index in [1.807, 2.05) is 0 Å². The van der Waals surface area contributed by atoms with Gasteiger partial charge in [-0.1, -0.05) is 0 Å². The van der Waals surface area contributed by atoms with Crippen molar-refractivity contribution in [1.82, 2.24) is 20.0 Å². The number of carbonyl (C=O) groups is 3. The number of hydrogen-bond acceptors (Lipinski definition) is 6. The predicted molar refractivity (Wildman–Crippen MR) is 100 cm³/mol. The van der Waals surface area contributed by atoms with E-state index in [1.54, 1.807) is 11.8 Å². The fraction of sp³-hybridized carbons (Fsp3) is 0.842. The maximum Gasteiger partial charge on any atom is 0.328 e. The standard InChI is InChI=1S/C19H32N4O4/c1-2-27-19(26)16-5-3-4-8-23(16)18(25)14-22-11-9-21(10-12-22)13-17(24)20-15-6-7-15/h15-16H,2-14H2,1H3,(H,20,24). The van der Waals surface area contributed by atoms with Gasteiger partial charge in [0.25, 0.3) is 0 Å². The summed E-state index contributed by atoms with van der Waals surface area (Å²) in [5.74, 6) is -0.169. The smallest absolute Gasteiger partial charge is 0.328 e. The summed E-state index contributed by atoms with van der Waals surface area (Å²) in [5.41, 5.74) is 0. The minimum Gasteiger partial charge on any atom is -0.464 e. The van der Waals surface area contributed by atoms with Gasteiger partial charge in [0.15, 0.2) is 0 Å². The fourth-order valence-electron chi connectivity index (χ4n) is 3.81. The SMILES string of the molecule is CCOC(=O)C1CCCCN1C(=O)CN1CCN(CC(=O)NC2CC2)CC1. The second-order valence-corrected chi connectivity index (χ2v) is 7.74. The van der Waals surface area contributed by atoms with Gasteiger partial charge >= 0.3 is 5.97 Å². The van der Waals surface area contributed by atoms with Gasteiger partial charge < -0.3 is 15.0 Å². The Labute approximate surface area is 161 Å². The second kappa shape index (κ2) is 9.50. The normalized spacial score (nSPS) is 24.5. The van der Waals surface area contributed by atoms with Crippen molar-refractivity contribution in [3.05, 3.63) is 0 Å². The molecule has 8 nitrogen and oxygen atoms in total. The lowest BCUT2D eigenvalue weighted by atomic mass is 10.0. The Kier molecular flexibility index (Phi) is 7.07. The molecule has 0 radical (unpaired) electrons. The number of piperazine rings is 1. The van der Waals surface area contributed by atoms with Gasteiger partial charge in [0.1, 0.15) is 6.04 Å². The van der Waals surface area contributed by atoms with Gasteiger partial charge in [-0.25, -0.2) is 4.79 Å². The maximum absolute atomic E-state index is 12.8. The molecule has 2 amide bonds. The molecule has 0 aromatic carbocycles. The Morgan fingerprint density at radius 2 is 1.59 bits per heavy atom. The summed E-state index contributed by atoms with van der Waals surface area (Å²) in [6.45, 7) is 6.63. The van der Waals surface area contributed by atoms with Crippen molar-refractivity contribution in [3.63, 3.8) is 0 Å². The third-order valence-corrected chi connectivity index (χ3v) is 5.52. The van der Waals surface area contributed by atoms with Crippen molar-refractivity contribution in [2.24, 2.45) is 0 Å². The van der Waals surface area contributed by atoms with E-state index in [1.165, 1.54) is 0 Å². The maximum atomic E-state index is 12.8. The number of nitrogens with one attached hydrogen (secondary N) is 1. The quantitative estimate of drug-likeness (QED) is 0.618. The molecule has 2 heterocycles. The van der Waals surface area contributed by atoms with E-state index < -0.39 is 6.04 Å². The molecule has 8 heteroatoms. The summed E-state index contributed by atoms with van der Waals surface area (Å²) in [5, 5.41) is 3.01. The van der Waals surface area contributed by atoms with Crippen LogP contribution in [0.1, 0.15) is 39.0 Å². The number of carbonyl (C=O) groups excluding carboxylic acids is 3. The number of ether oxygens (including phenoxy) is 1. The van der Waals surface area contributed by atoms with Gasteiger partial charge in [-0.05, 0) is 39.0 Å². The van der Waals surface area contributed by atoms with E-state index >= 15 is 0 Å². The number of esters is 1. The monoisotopic (exact) mass is 380 g/mol. The Balaban J connectivity index is 1.42. The van der Waals surface area contributed by atoms with Gasteiger partial charge in [-0.3, -0.25) is 19.4 Å². The highest BCUT2D eigenvalue weighted by atomic mass is 16.5. The van der Waals surface area contributed by atoms with Crippen molar-refractivity contribution in [2.75, 3.05) is 52.4 Å². The van der Waals surface area contributed by atoms with Crippen LogP contribution in [0.3, 0.4) is 0 Å². The highest BCUT2D eigenvalue weighted by molar-refractivity contribution is 5.85. The highest BCUT2D eigenvalue weighted by Gasteiger charge is 2.34. The molecular formula is C19H32N4O4. The second-order valence-electron chi connectivity index (χ2n) is 7.74. The number of nitrogens with zero attached hydrogens (tertiary/aromatic N) is 3. The first-order chi connectivity index (χ1) is 13.1. The zero-order chi connectivity index (χ0) is 19.2. The van der Waals surface area contributed by atoms with Crippen LogP contribution in [0, 0.1) is 0 Å². The Bertz CT molecular complexity index is 544. The zero-order valence-electron chi connectivity index (χ0n) is 16.3. The van der Waals surface area contributed by atoms with Crippen LogP contribution in [0.4, 0.5) is 0 Å². The summed E-state index contributed by atoms with van der Waals surface area (Å²) in [4.78, 5) is 42.8. The lowest BCUT2D eigenvalue weighted by Crippen LogP contribution is -2.55. The molecule has 1 aliphatic carbocycles. The molecule has 3 aliphatic rings. The Morgan fingerprint density at radius 3 is 2.22 bits per heavy atom. The first kappa shape index (κ1) is 20.1. The fourth-order valence-corrected chi connectivity index (χ4v) is 3.81. The Morgan fingerprint density at radius 1 is 0.926 bits per heavy atom. The Hall–Kier alpha value is -1.67. The first-order valence-electron chi connectivity index (χ1n) is 10.3. The van der Waals surface area contributed by atoms with Crippen LogP contribution in [0.2, 0.25) is 0 Å². The van der Waals surface area contributed by atoms with E-state index in [2.05, 4.69) is 15.1 Å². The van der Waals surface area contributed by atoms with Crippen LogP contribution in [0.15, 0.2) is 0 Å². The minimum atomic E-state index is -0.432. The third kappa shape index (κ3) is 5.90. The van der Waals surface area contributed by atoms with E-state index in [9.17, 15) is 14.4 Å². The number of hydrogen-bond donors (Lipinski definition) is 1. The molecule has 152 valence electrons. The van der Waals surface area contributed by atoms with E-state index in [0.29, 0.717) is 38.7 Å². The van der Waals surface area contributed by atoms with E-state index in [0.717, 1.165) is 51.9 Å². The molecule has 1 N–H and O–H groups in total. The molecule has 0 aromatic heterocycles. The lowest BCUT2D eigenvalue weighted by Gasteiger charge is -2.38. The molecular weight excluding hydrogens is 348 g/mol. The lowest BCUT2D eigenvalue weighted by molar-refractivity contribution is -0.157. The third-order valence-electron chi connectivity index (χ3n) is 5.52. The molecule has 0 bridgehead atoms. The van der Waals surface area contributed by atoms with Gasteiger partial charge in [-0.2, -0.15) is 0 Å². The van der Waals surface area contributed by atoms with Crippen molar-refractivity contribution in [1.29, 1.82) is 0 Å². The average molecular weight is 380 g/mol. The predicted octanol–water partition coefficient (Wildman–Crippen LogP) is -0.173. The van der Waals surface area contributed by atoms with Crippen LogP contribution < -0.4 is 5.32 Å². The molecule has 27 heavy (non-hydrogen) atoms. The van der Waals surface area contributed by atoms with Crippen LogP contribution in [-0.2, 0) is 19.1 Å². The molecule has 2 saturated heterocycles. The summed E-state index contributed by atoms with van der Waals surface area (Å²) in [6.07, 6.45) is 4.78. The van der Waals surface area contributed by atoms with Gasteiger partial charge in [0.05, 0.1) is 19.7 Å². The van der Waals surface area contributed by atoms with Crippen LogP contribution in [-0.4, -0.2) is 97.0 Å². The first-order valence-corrected chi connectivity index (χ1v) is 10.3. The van der Waals surface area contributed by atoms with Gasteiger partial charge in [0, 0.05) is 38.8 Å². The van der Waals surface area contributed by atoms with Crippen molar-refractivity contribution in [2.45, 2.75) is 51.1 Å².